The third-order valence-corrected chi connectivity index (χ3v) is 4.49. The van der Waals surface area contributed by atoms with E-state index in [4.69, 9.17) is 9.15 Å². The van der Waals surface area contributed by atoms with Crippen molar-refractivity contribution in [2.24, 2.45) is 0 Å². The van der Waals surface area contributed by atoms with Crippen LogP contribution < -0.4 is 5.32 Å². The predicted molar refractivity (Wildman–Crippen MR) is 112 cm³/mol. The van der Waals surface area contributed by atoms with Crippen molar-refractivity contribution in [1.29, 1.82) is 0 Å². The average Bonchev–Trinajstić information content (AvgIpc) is 3.21. The number of oxazole rings is 1. The summed E-state index contributed by atoms with van der Waals surface area (Å²) in [6, 6.07) is 12.1. The van der Waals surface area contributed by atoms with Crippen molar-refractivity contribution in [3.8, 4) is 11.3 Å². The summed E-state index contributed by atoms with van der Waals surface area (Å²) in [5.74, 6) is -0.178. The fourth-order valence-corrected chi connectivity index (χ4v) is 2.79. The molecule has 0 aliphatic heterocycles. The van der Waals surface area contributed by atoms with E-state index in [-0.39, 0.29) is 24.2 Å². The standard InChI is InChI=1S/C22H21N3O6/c1-14-3-6-16(7-4-14)19-12-23-21(31-19)9-10-22(27)30-13-20(26)24-17-8-5-15(2)18(11-17)25(28)29/h3-8,11-12H,9-10,13H2,1-2H3,(H,24,26). The molecule has 160 valence electrons. The Hall–Kier alpha value is -4.01. The number of carbonyl (C=O) groups is 2. The minimum absolute atomic E-state index is 0.00284. The largest absolute Gasteiger partial charge is 0.456 e. The number of nitro groups is 1. The van der Waals surface area contributed by atoms with Crippen molar-refractivity contribution in [3.63, 3.8) is 0 Å². The average molecular weight is 423 g/mol. The van der Waals surface area contributed by atoms with E-state index >= 15 is 0 Å². The van der Waals surface area contributed by atoms with Gasteiger partial charge in [0.05, 0.1) is 17.5 Å². The lowest BCUT2D eigenvalue weighted by Crippen LogP contribution is -2.21. The first kappa shape index (κ1) is 21.7. The highest BCUT2D eigenvalue weighted by molar-refractivity contribution is 5.93. The molecule has 0 aliphatic rings. The molecule has 0 unspecified atom stereocenters. The van der Waals surface area contributed by atoms with E-state index in [0.717, 1.165) is 11.1 Å². The molecule has 0 atom stereocenters. The fraction of sp³-hybridized carbons (Fsp3) is 0.227. The van der Waals surface area contributed by atoms with Gasteiger partial charge in [0.2, 0.25) is 0 Å². The highest BCUT2D eigenvalue weighted by Crippen LogP contribution is 2.23. The number of anilines is 1. The number of rotatable bonds is 8. The molecular weight excluding hydrogens is 402 g/mol. The highest BCUT2D eigenvalue weighted by Gasteiger charge is 2.14. The van der Waals surface area contributed by atoms with Gasteiger partial charge in [0.1, 0.15) is 0 Å². The molecule has 0 fully saturated rings. The van der Waals surface area contributed by atoms with Gasteiger partial charge >= 0.3 is 5.97 Å². The number of aryl methyl sites for hydroxylation is 3. The van der Waals surface area contributed by atoms with E-state index in [1.54, 1.807) is 13.1 Å². The van der Waals surface area contributed by atoms with Crippen LogP contribution in [0, 0.1) is 24.0 Å². The maximum Gasteiger partial charge on any atom is 0.306 e. The zero-order chi connectivity index (χ0) is 22.4. The number of nitro benzene ring substituents is 1. The fourth-order valence-electron chi connectivity index (χ4n) is 2.79. The third kappa shape index (κ3) is 5.99. The second kappa shape index (κ2) is 9.66. The number of benzene rings is 2. The molecule has 1 aromatic heterocycles. The summed E-state index contributed by atoms with van der Waals surface area (Å²) in [4.78, 5) is 38.5. The van der Waals surface area contributed by atoms with E-state index < -0.39 is 23.4 Å². The van der Waals surface area contributed by atoms with Crippen molar-refractivity contribution in [1.82, 2.24) is 4.98 Å². The smallest absolute Gasteiger partial charge is 0.306 e. The molecule has 0 aliphatic carbocycles. The van der Waals surface area contributed by atoms with Gasteiger partial charge in [-0.15, -0.1) is 0 Å². The molecule has 0 spiro atoms. The summed E-state index contributed by atoms with van der Waals surface area (Å²) < 4.78 is 10.6. The second-order valence-electron chi connectivity index (χ2n) is 6.95. The minimum atomic E-state index is -0.593. The number of nitrogens with one attached hydrogen (secondary N) is 1. The molecule has 9 heteroatoms. The van der Waals surface area contributed by atoms with E-state index in [0.29, 0.717) is 17.2 Å². The van der Waals surface area contributed by atoms with Gasteiger partial charge in [-0.2, -0.15) is 0 Å². The SMILES string of the molecule is Cc1ccc(-c2cnc(CCC(=O)OCC(=O)Nc3ccc(C)c([N+](=O)[O-])c3)o2)cc1. The predicted octanol–water partition coefficient (Wildman–Crippen LogP) is 3.98. The monoisotopic (exact) mass is 423 g/mol. The van der Waals surface area contributed by atoms with Gasteiger partial charge in [0.15, 0.2) is 18.3 Å². The van der Waals surface area contributed by atoms with E-state index in [2.05, 4.69) is 10.3 Å². The van der Waals surface area contributed by atoms with Crippen LogP contribution in [0.3, 0.4) is 0 Å². The lowest BCUT2D eigenvalue weighted by atomic mass is 10.1. The number of ether oxygens (including phenoxy) is 1. The molecule has 3 rings (SSSR count). The molecule has 1 N–H and O–H groups in total. The number of esters is 1. The van der Waals surface area contributed by atoms with E-state index in [1.165, 1.54) is 18.2 Å². The second-order valence-corrected chi connectivity index (χ2v) is 6.95. The molecule has 9 nitrogen and oxygen atoms in total. The van der Waals surface area contributed by atoms with E-state index in [1.807, 2.05) is 31.2 Å². The lowest BCUT2D eigenvalue weighted by Gasteiger charge is -2.07. The van der Waals surface area contributed by atoms with Gasteiger partial charge in [0, 0.05) is 29.3 Å². The molecule has 0 bridgehead atoms. The quantitative estimate of drug-likeness (QED) is 0.330. The number of amides is 1. The molecule has 1 heterocycles. The first-order valence-electron chi connectivity index (χ1n) is 9.54. The maximum absolute atomic E-state index is 12.0. The van der Waals surface area contributed by atoms with Crippen LogP contribution in [0.15, 0.2) is 53.1 Å². The summed E-state index contributed by atoms with van der Waals surface area (Å²) in [5, 5.41) is 13.4. The van der Waals surface area contributed by atoms with Crippen LogP contribution in [-0.2, 0) is 20.7 Å². The highest BCUT2D eigenvalue weighted by atomic mass is 16.6. The first-order chi connectivity index (χ1) is 14.8. The number of hydrogen-bond acceptors (Lipinski definition) is 7. The Morgan fingerprint density at radius 1 is 1.16 bits per heavy atom. The summed E-state index contributed by atoms with van der Waals surface area (Å²) in [6.45, 7) is 3.09. The van der Waals surface area contributed by atoms with Crippen LogP contribution in [0.25, 0.3) is 11.3 Å². The molecule has 1 amide bonds. The zero-order valence-electron chi connectivity index (χ0n) is 17.1. The van der Waals surface area contributed by atoms with Crippen LogP contribution in [0.4, 0.5) is 11.4 Å². The molecule has 0 saturated heterocycles. The number of hydrogen-bond donors (Lipinski definition) is 1. The topological polar surface area (TPSA) is 125 Å². The Morgan fingerprint density at radius 2 is 1.90 bits per heavy atom. The molecule has 31 heavy (non-hydrogen) atoms. The van der Waals surface area contributed by atoms with Crippen LogP contribution in [0.5, 0.6) is 0 Å². The summed E-state index contributed by atoms with van der Waals surface area (Å²) in [5.41, 5.74) is 2.65. The number of carbonyl (C=O) groups excluding carboxylic acids is 2. The van der Waals surface area contributed by atoms with Gasteiger partial charge < -0.3 is 14.5 Å². The lowest BCUT2D eigenvalue weighted by molar-refractivity contribution is -0.385. The molecule has 2 aromatic carbocycles. The van der Waals surface area contributed by atoms with Crippen LogP contribution in [-0.4, -0.2) is 28.4 Å². The van der Waals surface area contributed by atoms with Crippen molar-refractivity contribution < 1.29 is 23.7 Å². The van der Waals surface area contributed by atoms with Gasteiger partial charge in [-0.3, -0.25) is 19.7 Å². The van der Waals surface area contributed by atoms with Crippen LogP contribution in [0.1, 0.15) is 23.4 Å². The summed E-state index contributed by atoms with van der Waals surface area (Å²) in [7, 11) is 0. The van der Waals surface area contributed by atoms with Crippen molar-refractivity contribution in [3.05, 3.63) is 75.8 Å². The van der Waals surface area contributed by atoms with E-state index in [9.17, 15) is 19.7 Å². The maximum atomic E-state index is 12.0. The van der Waals surface area contributed by atoms with Crippen LogP contribution >= 0.6 is 0 Å². The summed E-state index contributed by atoms with van der Waals surface area (Å²) >= 11 is 0. The van der Waals surface area contributed by atoms with Gasteiger partial charge in [0.25, 0.3) is 11.6 Å². The summed E-state index contributed by atoms with van der Waals surface area (Å²) in [6.07, 6.45) is 1.83. The number of aromatic nitrogens is 1. The molecule has 3 aromatic rings. The molecule has 0 radical (unpaired) electrons. The van der Waals surface area contributed by atoms with Crippen molar-refractivity contribution in [2.75, 3.05) is 11.9 Å². The normalized spacial score (nSPS) is 10.5. The van der Waals surface area contributed by atoms with Crippen molar-refractivity contribution in [2.45, 2.75) is 26.7 Å². The Bertz CT molecular complexity index is 1100. The van der Waals surface area contributed by atoms with Crippen molar-refractivity contribution >= 4 is 23.3 Å². The van der Waals surface area contributed by atoms with Gasteiger partial charge in [-0.25, -0.2) is 4.98 Å². The third-order valence-electron chi connectivity index (χ3n) is 4.49. The zero-order valence-corrected chi connectivity index (χ0v) is 17.1. The molecule has 0 saturated carbocycles. The Kier molecular flexibility index (Phi) is 6.76. The Balaban J connectivity index is 1.45. The van der Waals surface area contributed by atoms with Gasteiger partial charge in [-0.05, 0) is 19.9 Å². The van der Waals surface area contributed by atoms with Crippen LogP contribution in [0.2, 0.25) is 0 Å². The number of nitrogens with zero attached hydrogens (tertiary/aromatic N) is 2. The van der Waals surface area contributed by atoms with Gasteiger partial charge in [-0.1, -0.05) is 35.9 Å². The Morgan fingerprint density at radius 3 is 2.61 bits per heavy atom. The first-order valence-corrected chi connectivity index (χ1v) is 9.54. The molecular formula is C22H21N3O6. The minimum Gasteiger partial charge on any atom is -0.456 e. The Labute approximate surface area is 178 Å².